The van der Waals surface area contributed by atoms with Gasteiger partial charge in [-0.05, 0) is 10.8 Å². The minimum Gasteiger partial charge on any atom is -0.517 e. The first-order valence-electron chi connectivity index (χ1n) is 4.31. The van der Waals surface area contributed by atoms with Crippen LogP contribution in [0.25, 0.3) is 0 Å². The quantitative estimate of drug-likeness (QED) is 0.301. The van der Waals surface area contributed by atoms with Crippen molar-refractivity contribution in [1.29, 1.82) is 0 Å². The molecule has 0 N–H and O–H groups in total. The minimum atomic E-state index is -0.491. The Balaban J connectivity index is -0.000000653. The number of hydrogen-bond donors (Lipinski definition) is 0. The van der Waals surface area contributed by atoms with E-state index in [0.29, 0.717) is 0 Å². The van der Waals surface area contributed by atoms with Crippen LogP contribution in [0.1, 0.15) is 0 Å². The Bertz CT molecular complexity index is 271. The Hall–Kier alpha value is 1.60. The van der Waals surface area contributed by atoms with E-state index in [0.717, 1.165) is 0 Å². The van der Waals surface area contributed by atoms with Gasteiger partial charge in [0.1, 0.15) is 0 Å². The Morgan fingerprint density at radius 1 is 0.588 bits per heavy atom. The predicted octanol–water partition coefficient (Wildman–Crippen LogP) is 3.04. The van der Waals surface area contributed by atoms with E-state index in [2.05, 4.69) is 0 Å². The molecule has 0 fully saturated rings. The van der Waals surface area contributed by atoms with Crippen molar-refractivity contribution in [3.8, 4) is 0 Å². The van der Waals surface area contributed by atoms with E-state index in [4.69, 9.17) is 26.3 Å². The average molecular weight is 894 g/mol. The fraction of sp³-hybridized carbons (Fsp3) is 0.143. The van der Waals surface area contributed by atoms with Crippen LogP contribution in [0.15, 0.2) is 48.6 Å². The fourth-order valence-electron chi connectivity index (χ4n) is 1.24. The summed E-state index contributed by atoms with van der Waals surface area (Å²) in [5.41, 5.74) is -0.981. The maximum atomic E-state index is 5.50. The van der Waals surface area contributed by atoms with Gasteiger partial charge in [-0.15, -0.1) is 0 Å². The van der Waals surface area contributed by atoms with Gasteiger partial charge in [0, 0.05) is 62.2 Å². The molecule has 80 valence electrons. The van der Waals surface area contributed by atoms with Gasteiger partial charge in [0.05, 0.1) is 0 Å². The van der Waals surface area contributed by atoms with E-state index in [9.17, 15) is 0 Å². The summed E-state index contributed by atoms with van der Waals surface area (Å²) in [7, 11) is 0. The second-order valence-corrected chi connectivity index (χ2v) is 3.33. The average Bonchev–Trinajstić information content (AvgIpc) is 2.29. The Labute approximate surface area is 176 Å². The van der Waals surface area contributed by atoms with E-state index in [1.54, 1.807) is 0 Å². The van der Waals surface area contributed by atoms with Crippen LogP contribution < -0.4 is 0 Å². The minimum absolute atomic E-state index is 0. The van der Waals surface area contributed by atoms with Crippen molar-refractivity contribution in [1.82, 2.24) is 0 Å². The molecule has 0 radical (unpaired) electrons. The molecule has 0 amide bonds. The van der Waals surface area contributed by atoms with Crippen molar-refractivity contribution in [2.24, 2.45) is 10.8 Å². The van der Waals surface area contributed by atoms with Crippen LogP contribution in [-0.2, 0) is 0 Å². The van der Waals surface area contributed by atoms with Gasteiger partial charge in [-0.25, -0.2) is 0 Å². The van der Waals surface area contributed by atoms with Crippen molar-refractivity contribution in [3.63, 3.8) is 0 Å². The summed E-state index contributed by atoms with van der Waals surface area (Å²) < 4.78 is 0. The third-order valence-corrected chi connectivity index (χ3v) is 2.48. The third-order valence-electron chi connectivity index (χ3n) is 2.48. The number of allylic oxidation sites excluding steroid dienone is 8. The molecule has 1 aliphatic rings. The first kappa shape index (κ1) is 23.7. The molecule has 0 atom stereocenters. The van der Waals surface area contributed by atoms with Gasteiger partial charge in [0.2, 0.25) is 0 Å². The van der Waals surface area contributed by atoms with Crippen molar-refractivity contribution in [2.75, 3.05) is 0 Å². The topological polar surface area (TPSA) is 0 Å². The molecule has 0 saturated carbocycles. The molecule has 1 rings (SSSR count). The molecule has 0 heterocycles. The monoisotopic (exact) mass is 894 g/mol. The zero-order valence-corrected chi connectivity index (χ0v) is 21.9. The standard InChI is InChI=1S/C14H12.3U/c1-5-13(6-2)9-11-14(7-3,8-4)12-10-13;;;/h1-12H;;;/q-4;;;+4. The van der Waals surface area contributed by atoms with E-state index in [1.807, 2.05) is 24.3 Å². The van der Waals surface area contributed by atoms with E-state index in [1.165, 1.54) is 24.3 Å². The van der Waals surface area contributed by atoms with Gasteiger partial charge in [0.15, 0.2) is 0 Å². The molecule has 0 spiro atoms. The molecular weight excluding hydrogens is 882 g/mol. The summed E-state index contributed by atoms with van der Waals surface area (Å²) in [5, 5.41) is 0. The predicted molar refractivity (Wildman–Crippen MR) is 58.6 cm³/mol. The van der Waals surface area contributed by atoms with E-state index >= 15 is 0 Å². The normalized spacial score (nSPS) is 28.7. The summed E-state index contributed by atoms with van der Waals surface area (Å²) >= 11 is 0. The Morgan fingerprint density at radius 2 is 0.765 bits per heavy atom. The number of hydrogen-bond acceptors (Lipinski definition) is 0. The van der Waals surface area contributed by atoms with Crippen molar-refractivity contribution in [2.45, 2.75) is 0 Å². The SMILES string of the molecule is [CH-]=CC1(C=[CH-])C=CC(C=[CH-])(C=[CH-])C=C1.[U+4].[U].[U]. The zero-order chi connectivity index (χ0) is 10.7. The number of rotatable bonds is 4. The smallest absolute Gasteiger partial charge is 0.517 e. The molecule has 0 aromatic heterocycles. The second-order valence-electron chi connectivity index (χ2n) is 3.33. The molecule has 0 aliphatic heterocycles. The van der Waals surface area contributed by atoms with Crippen LogP contribution in [0, 0.1) is 130 Å². The molecular formula is C14H12U3. The largest absolute Gasteiger partial charge is 4.00 e. The fourth-order valence-corrected chi connectivity index (χ4v) is 1.24. The maximum absolute atomic E-state index is 5.50. The summed E-state index contributed by atoms with van der Waals surface area (Å²) in [6.45, 7) is 22.0. The summed E-state index contributed by atoms with van der Waals surface area (Å²) in [5.74, 6) is 0. The van der Waals surface area contributed by atoms with Gasteiger partial charge in [0.25, 0.3) is 0 Å². The van der Waals surface area contributed by atoms with Crippen LogP contribution in [0.5, 0.6) is 0 Å². The van der Waals surface area contributed by atoms with Crippen molar-refractivity contribution >= 4 is 0 Å². The van der Waals surface area contributed by atoms with Gasteiger partial charge in [-0.3, -0.25) is 24.3 Å². The van der Waals surface area contributed by atoms with Crippen LogP contribution in [0.2, 0.25) is 0 Å². The van der Waals surface area contributed by atoms with Crippen LogP contribution in [0.3, 0.4) is 0 Å². The molecule has 0 bridgehead atoms. The zero-order valence-electron chi connectivity index (χ0n) is 9.43. The van der Waals surface area contributed by atoms with Gasteiger partial charge >= 0.3 is 31.1 Å². The first-order valence-corrected chi connectivity index (χ1v) is 4.31. The molecule has 0 nitrogen and oxygen atoms in total. The van der Waals surface area contributed by atoms with Crippen LogP contribution in [-0.4, -0.2) is 0 Å². The molecule has 0 aromatic rings. The van der Waals surface area contributed by atoms with Crippen molar-refractivity contribution < 1.29 is 93.3 Å². The van der Waals surface area contributed by atoms with Gasteiger partial charge in [-0.2, -0.15) is 0 Å². The molecule has 0 unspecified atom stereocenters. The Morgan fingerprint density at radius 3 is 0.882 bits per heavy atom. The summed E-state index contributed by atoms with van der Waals surface area (Å²) in [6, 6.07) is 0. The van der Waals surface area contributed by atoms with Crippen LogP contribution in [0.4, 0.5) is 0 Å². The van der Waals surface area contributed by atoms with Gasteiger partial charge < -0.3 is 26.3 Å². The van der Waals surface area contributed by atoms with Crippen LogP contribution >= 0.6 is 0 Å². The van der Waals surface area contributed by atoms with E-state index < -0.39 is 10.8 Å². The maximum Gasteiger partial charge on any atom is 4.00 e. The summed E-state index contributed by atoms with van der Waals surface area (Å²) in [6.07, 6.45) is 13.5. The second kappa shape index (κ2) is 10.4. The Kier molecular flexibility index (Phi) is 14.5. The van der Waals surface area contributed by atoms with Gasteiger partial charge in [-0.1, -0.05) is 24.3 Å². The third kappa shape index (κ3) is 5.62. The molecule has 1 aliphatic carbocycles. The molecule has 3 heteroatoms. The molecule has 0 saturated heterocycles. The summed E-state index contributed by atoms with van der Waals surface area (Å²) in [4.78, 5) is 0. The first-order chi connectivity index (χ1) is 6.66. The molecule has 17 heavy (non-hydrogen) atoms. The van der Waals surface area contributed by atoms with E-state index in [-0.39, 0.29) is 93.3 Å². The van der Waals surface area contributed by atoms with Crippen molar-refractivity contribution in [3.05, 3.63) is 74.9 Å². The molecule has 0 aromatic carbocycles.